The van der Waals surface area contributed by atoms with Gasteiger partial charge in [0.25, 0.3) is 5.91 Å². The molecule has 1 aliphatic rings. The predicted molar refractivity (Wildman–Crippen MR) is 93.1 cm³/mol. The Bertz CT molecular complexity index is 755. The molecule has 1 amide bonds. The first kappa shape index (κ1) is 16.0. The number of amides is 1. The van der Waals surface area contributed by atoms with Gasteiger partial charge in [0.15, 0.2) is 0 Å². The minimum atomic E-state index is -0.0660. The lowest BCUT2D eigenvalue weighted by Crippen LogP contribution is -2.26. The first-order valence-electron chi connectivity index (χ1n) is 7.53. The van der Waals surface area contributed by atoms with Crippen molar-refractivity contribution in [3.8, 4) is 0 Å². The van der Waals surface area contributed by atoms with E-state index in [-0.39, 0.29) is 5.91 Å². The van der Waals surface area contributed by atoms with Gasteiger partial charge in [-0.2, -0.15) is 0 Å². The smallest absolute Gasteiger partial charge is 0.252 e. The second kappa shape index (κ2) is 7.15. The lowest BCUT2D eigenvalue weighted by atomic mass is 9.94. The Kier molecular flexibility index (Phi) is 4.98. The molecule has 2 N–H and O–H groups in total. The number of oxime groups is 1. The number of benzene rings is 1. The Labute approximate surface area is 143 Å². The molecule has 0 bridgehead atoms. The maximum atomic E-state index is 12.4. The van der Waals surface area contributed by atoms with Crippen LogP contribution in [0.5, 0.6) is 0 Å². The SMILES string of the molecule is O=C(NCCc1cccc(Cl)c1)c1csc2c1CCC/C2=N/O. The van der Waals surface area contributed by atoms with Gasteiger partial charge in [0.1, 0.15) is 0 Å². The Morgan fingerprint density at radius 3 is 3.04 bits per heavy atom. The Hall–Kier alpha value is -1.85. The van der Waals surface area contributed by atoms with E-state index in [0.29, 0.717) is 22.8 Å². The Morgan fingerprint density at radius 1 is 1.39 bits per heavy atom. The molecule has 0 unspecified atom stereocenters. The molecule has 4 nitrogen and oxygen atoms in total. The molecule has 23 heavy (non-hydrogen) atoms. The molecule has 1 aromatic carbocycles. The highest BCUT2D eigenvalue weighted by atomic mass is 35.5. The van der Waals surface area contributed by atoms with Gasteiger partial charge in [-0.15, -0.1) is 11.3 Å². The summed E-state index contributed by atoms with van der Waals surface area (Å²) in [4.78, 5) is 13.3. The number of carbonyl (C=O) groups is 1. The highest BCUT2D eigenvalue weighted by molar-refractivity contribution is 7.12. The fourth-order valence-electron chi connectivity index (χ4n) is 2.81. The van der Waals surface area contributed by atoms with Gasteiger partial charge in [0.05, 0.1) is 16.2 Å². The van der Waals surface area contributed by atoms with Crippen LogP contribution < -0.4 is 5.32 Å². The van der Waals surface area contributed by atoms with Crippen molar-refractivity contribution in [3.63, 3.8) is 0 Å². The molecule has 0 saturated carbocycles. The molecule has 0 fully saturated rings. The Morgan fingerprint density at radius 2 is 2.26 bits per heavy atom. The molecule has 0 aliphatic heterocycles. The van der Waals surface area contributed by atoms with Gasteiger partial charge >= 0.3 is 0 Å². The third kappa shape index (κ3) is 3.57. The van der Waals surface area contributed by atoms with E-state index in [1.54, 1.807) is 0 Å². The second-order valence-corrected chi connectivity index (χ2v) is 6.81. The van der Waals surface area contributed by atoms with Crippen molar-refractivity contribution in [2.75, 3.05) is 6.54 Å². The first-order valence-corrected chi connectivity index (χ1v) is 8.79. The fraction of sp³-hybridized carbons (Fsp3) is 0.294. The summed E-state index contributed by atoms with van der Waals surface area (Å²) in [6, 6.07) is 7.64. The zero-order valence-corrected chi connectivity index (χ0v) is 14.1. The molecule has 120 valence electrons. The average molecular weight is 349 g/mol. The molecule has 1 heterocycles. The summed E-state index contributed by atoms with van der Waals surface area (Å²) < 4.78 is 0. The monoisotopic (exact) mass is 348 g/mol. The number of fused-ring (bicyclic) bond motifs is 1. The van der Waals surface area contributed by atoms with Crippen molar-refractivity contribution < 1.29 is 10.0 Å². The molecule has 0 saturated heterocycles. The maximum Gasteiger partial charge on any atom is 0.252 e. The van der Waals surface area contributed by atoms with Gasteiger partial charge in [-0.1, -0.05) is 28.9 Å². The standard InChI is InChI=1S/C17H17ClN2O2S/c18-12-4-1-3-11(9-12)7-8-19-17(21)14-10-23-16-13(14)5-2-6-15(16)20-22/h1,3-4,9-10,22H,2,5-8H2,(H,19,21)/b20-15-. The van der Waals surface area contributed by atoms with Crippen LogP contribution in [0.25, 0.3) is 0 Å². The van der Waals surface area contributed by atoms with Crippen LogP contribution in [0.2, 0.25) is 5.02 Å². The summed E-state index contributed by atoms with van der Waals surface area (Å²) >= 11 is 7.43. The number of rotatable bonds is 4. The number of carbonyl (C=O) groups excluding carboxylic acids is 1. The summed E-state index contributed by atoms with van der Waals surface area (Å²) in [5, 5.41) is 17.9. The molecule has 0 atom stereocenters. The zero-order valence-electron chi connectivity index (χ0n) is 12.5. The van der Waals surface area contributed by atoms with Crippen molar-refractivity contribution in [3.05, 3.63) is 56.2 Å². The van der Waals surface area contributed by atoms with Gasteiger partial charge in [-0.25, -0.2) is 0 Å². The van der Waals surface area contributed by atoms with Crippen LogP contribution in [0.1, 0.15) is 39.2 Å². The number of hydrogen-bond acceptors (Lipinski definition) is 4. The van der Waals surface area contributed by atoms with Gasteiger partial charge in [-0.3, -0.25) is 4.79 Å². The van der Waals surface area contributed by atoms with E-state index in [2.05, 4.69) is 10.5 Å². The summed E-state index contributed by atoms with van der Waals surface area (Å²) in [5.41, 5.74) is 3.50. The molecule has 1 aromatic heterocycles. The van der Waals surface area contributed by atoms with Crippen molar-refractivity contribution in [2.24, 2.45) is 5.16 Å². The third-order valence-electron chi connectivity index (χ3n) is 3.95. The van der Waals surface area contributed by atoms with Crippen LogP contribution in [0.15, 0.2) is 34.8 Å². The van der Waals surface area contributed by atoms with E-state index in [4.69, 9.17) is 16.8 Å². The van der Waals surface area contributed by atoms with Gasteiger partial charge < -0.3 is 10.5 Å². The van der Waals surface area contributed by atoms with E-state index in [1.807, 2.05) is 29.6 Å². The van der Waals surface area contributed by atoms with E-state index in [0.717, 1.165) is 41.7 Å². The van der Waals surface area contributed by atoms with Crippen molar-refractivity contribution >= 4 is 34.6 Å². The van der Waals surface area contributed by atoms with Crippen molar-refractivity contribution in [1.82, 2.24) is 5.32 Å². The number of halogens is 1. The molecule has 2 aromatic rings. The fourth-order valence-corrected chi connectivity index (χ4v) is 4.14. The van der Waals surface area contributed by atoms with Crippen molar-refractivity contribution in [1.29, 1.82) is 0 Å². The number of nitrogens with zero attached hydrogens (tertiary/aromatic N) is 1. The van der Waals surface area contributed by atoms with Crippen LogP contribution in [-0.2, 0) is 12.8 Å². The minimum Gasteiger partial charge on any atom is -0.411 e. The van der Waals surface area contributed by atoms with E-state index in [1.165, 1.54) is 11.3 Å². The minimum absolute atomic E-state index is 0.0660. The zero-order chi connectivity index (χ0) is 16.2. The number of thiophene rings is 1. The van der Waals surface area contributed by atoms with E-state index in [9.17, 15) is 4.79 Å². The Balaban J connectivity index is 1.64. The first-order chi connectivity index (χ1) is 11.2. The quantitative estimate of drug-likeness (QED) is 0.650. The van der Waals surface area contributed by atoms with Crippen LogP contribution >= 0.6 is 22.9 Å². The van der Waals surface area contributed by atoms with E-state index < -0.39 is 0 Å². The highest BCUT2D eigenvalue weighted by Crippen LogP contribution is 2.30. The van der Waals surface area contributed by atoms with Crippen LogP contribution in [0, 0.1) is 0 Å². The lowest BCUT2D eigenvalue weighted by Gasteiger charge is -2.14. The van der Waals surface area contributed by atoms with Crippen LogP contribution in [0.3, 0.4) is 0 Å². The molecule has 1 aliphatic carbocycles. The van der Waals surface area contributed by atoms with E-state index >= 15 is 0 Å². The maximum absolute atomic E-state index is 12.4. The van der Waals surface area contributed by atoms with Crippen LogP contribution in [0.4, 0.5) is 0 Å². The van der Waals surface area contributed by atoms with Gasteiger partial charge in [-0.05, 0) is 48.9 Å². The normalized spacial score (nSPS) is 15.4. The molecule has 6 heteroatoms. The number of hydrogen-bond donors (Lipinski definition) is 2. The van der Waals surface area contributed by atoms with Crippen LogP contribution in [-0.4, -0.2) is 23.4 Å². The molecular weight excluding hydrogens is 332 g/mol. The van der Waals surface area contributed by atoms with Crippen molar-refractivity contribution in [2.45, 2.75) is 25.7 Å². The molecule has 3 rings (SSSR count). The lowest BCUT2D eigenvalue weighted by molar-refractivity contribution is 0.0953. The summed E-state index contributed by atoms with van der Waals surface area (Å²) in [7, 11) is 0. The van der Waals surface area contributed by atoms with Gasteiger partial charge in [0, 0.05) is 16.9 Å². The third-order valence-corrected chi connectivity index (χ3v) is 5.26. The topological polar surface area (TPSA) is 61.7 Å². The summed E-state index contributed by atoms with van der Waals surface area (Å²) in [6.07, 6.45) is 3.27. The number of nitrogens with one attached hydrogen (secondary N) is 1. The molecule has 0 spiro atoms. The van der Waals surface area contributed by atoms with Gasteiger partial charge in [0.2, 0.25) is 0 Å². The predicted octanol–water partition coefficient (Wildman–Crippen LogP) is 3.89. The molecule has 0 radical (unpaired) electrons. The summed E-state index contributed by atoms with van der Waals surface area (Å²) in [5.74, 6) is -0.0660. The summed E-state index contributed by atoms with van der Waals surface area (Å²) in [6.45, 7) is 0.560. The largest absolute Gasteiger partial charge is 0.411 e. The average Bonchev–Trinajstić information content (AvgIpc) is 2.99. The molecular formula is C17H17ClN2O2S. The highest BCUT2D eigenvalue weighted by Gasteiger charge is 2.24. The second-order valence-electron chi connectivity index (χ2n) is 5.49.